The molecule has 0 saturated carbocycles. The van der Waals surface area contributed by atoms with Crippen LogP contribution in [0.1, 0.15) is 30.3 Å². The third-order valence-electron chi connectivity index (χ3n) is 6.30. The third-order valence-corrected chi connectivity index (χ3v) is 6.30. The summed E-state index contributed by atoms with van der Waals surface area (Å²) in [5.41, 5.74) is 6.30. The van der Waals surface area contributed by atoms with E-state index in [0.717, 1.165) is 82.1 Å². The molecule has 0 amide bonds. The minimum absolute atomic E-state index is 0.436. The SMILES string of the molecule is Cc1nc2ccc(Oc3ccc4ncc(-c5cnn(C6CCNCC6)c5)nc4c3C)cc2[nH]1. The molecule has 0 radical (unpaired) electrons. The standard InChI is InChI=1S/C25H25N7O/c1-15-24(33-19-3-4-20-22(11-19)30-16(2)29-20)6-5-21-25(15)31-23(13-27-21)17-12-28-32(14-17)18-7-9-26-10-8-18/h3-6,11-14,18,26H,7-10H2,1-2H3,(H,29,30). The Labute approximate surface area is 191 Å². The van der Waals surface area contributed by atoms with Crippen molar-refractivity contribution in [1.82, 2.24) is 35.0 Å². The van der Waals surface area contributed by atoms with E-state index in [-0.39, 0.29) is 0 Å². The summed E-state index contributed by atoms with van der Waals surface area (Å²) in [5, 5.41) is 8.01. The van der Waals surface area contributed by atoms with E-state index in [9.17, 15) is 0 Å². The van der Waals surface area contributed by atoms with Crippen LogP contribution in [0.2, 0.25) is 0 Å². The molecule has 4 heterocycles. The van der Waals surface area contributed by atoms with Crippen molar-refractivity contribution >= 4 is 22.1 Å². The minimum Gasteiger partial charge on any atom is -0.457 e. The van der Waals surface area contributed by atoms with E-state index in [1.807, 2.05) is 56.6 Å². The van der Waals surface area contributed by atoms with Crippen LogP contribution in [-0.2, 0) is 0 Å². The fraction of sp³-hybridized carbons (Fsp3) is 0.280. The molecule has 8 nitrogen and oxygen atoms in total. The van der Waals surface area contributed by atoms with Gasteiger partial charge in [-0.25, -0.2) is 9.97 Å². The first kappa shape index (κ1) is 19.9. The number of nitrogens with zero attached hydrogens (tertiary/aromatic N) is 5. The van der Waals surface area contributed by atoms with Gasteiger partial charge in [-0.2, -0.15) is 5.10 Å². The number of aromatic nitrogens is 6. The van der Waals surface area contributed by atoms with Crippen molar-refractivity contribution in [1.29, 1.82) is 0 Å². The van der Waals surface area contributed by atoms with Crippen molar-refractivity contribution in [3.8, 4) is 22.8 Å². The smallest absolute Gasteiger partial charge is 0.132 e. The molecule has 33 heavy (non-hydrogen) atoms. The molecule has 3 aromatic heterocycles. The zero-order valence-corrected chi connectivity index (χ0v) is 18.7. The molecule has 1 fully saturated rings. The molecule has 166 valence electrons. The molecule has 1 saturated heterocycles. The summed E-state index contributed by atoms with van der Waals surface area (Å²) in [6.45, 7) is 6.03. The lowest BCUT2D eigenvalue weighted by atomic mass is 10.1. The number of H-pyrrole nitrogens is 1. The maximum absolute atomic E-state index is 6.23. The molecule has 6 rings (SSSR count). The summed E-state index contributed by atoms with van der Waals surface area (Å²) in [5.74, 6) is 2.39. The quantitative estimate of drug-likeness (QED) is 0.421. The molecule has 1 aliphatic heterocycles. The topological polar surface area (TPSA) is 93.5 Å². The van der Waals surface area contributed by atoms with Crippen molar-refractivity contribution in [3.05, 3.63) is 60.3 Å². The number of aryl methyl sites for hydroxylation is 2. The van der Waals surface area contributed by atoms with Gasteiger partial charge in [0, 0.05) is 23.4 Å². The number of hydrogen-bond donors (Lipinski definition) is 2. The van der Waals surface area contributed by atoms with Crippen molar-refractivity contribution < 1.29 is 4.74 Å². The number of hydrogen-bond acceptors (Lipinski definition) is 6. The molecule has 2 aromatic carbocycles. The van der Waals surface area contributed by atoms with Crippen LogP contribution >= 0.6 is 0 Å². The Morgan fingerprint density at radius 1 is 1.00 bits per heavy atom. The lowest BCUT2D eigenvalue weighted by Gasteiger charge is -2.22. The predicted molar refractivity (Wildman–Crippen MR) is 128 cm³/mol. The average Bonchev–Trinajstić information content (AvgIpc) is 3.47. The van der Waals surface area contributed by atoms with Gasteiger partial charge in [0.25, 0.3) is 0 Å². The van der Waals surface area contributed by atoms with E-state index in [1.165, 1.54) is 0 Å². The number of benzene rings is 2. The van der Waals surface area contributed by atoms with Gasteiger partial charge in [0.1, 0.15) is 17.3 Å². The van der Waals surface area contributed by atoms with E-state index in [2.05, 4.69) is 36.2 Å². The van der Waals surface area contributed by atoms with E-state index in [4.69, 9.17) is 9.72 Å². The maximum Gasteiger partial charge on any atom is 0.132 e. The summed E-state index contributed by atoms with van der Waals surface area (Å²) < 4.78 is 8.30. The van der Waals surface area contributed by atoms with E-state index in [0.29, 0.717) is 6.04 Å². The molecular formula is C25H25N7O. The van der Waals surface area contributed by atoms with Gasteiger partial charge in [0.05, 0.1) is 46.2 Å². The van der Waals surface area contributed by atoms with Gasteiger partial charge in [-0.3, -0.25) is 9.67 Å². The molecule has 0 spiro atoms. The molecular weight excluding hydrogens is 414 g/mol. The second kappa shape index (κ2) is 7.97. The molecule has 1 aliphatic rings. The number of fused-ring (bicyclic) bond motifs is 2. The summed E-state index contributed by atoms with van der Waals surface area (Å²) in [7, 11) is 0. The van der Waals surface area contributed by atoms with Gasteiger partial charge < -0.3 is 15.0 Å². The highest BCUT2D eigenvalue weighted by Crippen LogP contribution is 2.32. The van der Waals surface area contributed by atoms with Crippen molar-refractivity contribution in [2.75, 3.05) is 13.1 Å². The fourth-order valence-corrected chi connectivity index (χ4v) is 4.49. The molecule has 5 aromatic rings. The lowest BCUT2D eigenvalue weighted by Crippen LogP contribution is -2.29. The Bertz CT molecular complexity index is 1460. The Kier molecular flexibility index (Phi) is 4.80. The zero-order chi connectivity index (χ0) is 22.4. The van der Waals surface area contributed by atoms with Gasteiger partial charge in [-0.05, 0) is 64.0 Å². The predicted octanol–water partition coefficient (Wildman–Crippen LogP) is 4.70. The first-order valence-electron chi connectivity index (χ1n) is 11.3. The van der Waals surface area contributed by atoms with Crippen LogP contribution in [0.4, 0.5) is 0 Å². The zero-order valence-electron chi connectivity index (χ0n) is 18.7. The number of piperidine rings is 1. The molecule has 0 aliphatic carbocycles. The molecule has 2 N–H and O–H groups in total. The molecule has 0 atom stereocenters. The van der Waals surface area contributed by atoms with Gasteiger partial charge in [-0.1, -0.05) is 0 Å². The van der Waals surface area contributed by atoms with Crippen LogP contribution in [0.15, 0.2) is 48.9 Å². The number of rotatable bonds is 4. The van der Waals surface area contributed by atoms with Crippen LogP contribution in [-0.4, -0.2) is 42.8 Å². The second-order valence-corrected chi connectivity index (χ2v) is 8.61. The van der Waals surface area contributed by atoms with Gasteiger partial charge in [-0.15, -0.1) is 0 Å². The highest BCUT2D eigenvalue weighted by molar-refractivity contribution is 5.82. The number of aromatic amines is 1. The highest BCUT2D eigenvalue weighted by atomic mass is 16.5. The van der Waals surface area contributed by atoms with Crippen LogP contribution < -0.4 is 10.1 Å². The maximum atomic E-state index is 6.23. The summed E-state index contributed by atoms with van der Waals surface area (Å²) >= 11 is 0. The van der Waals surface area contributed by atoms with E-state index in [1.54, 1.807) is 0 Å². The number of ether oxygens (including phenoxy) is 1. The first-order chi connectivity index (χ1) is 16.1. The average molecular weight is 440 g/mol. The van der Waals surface area contributed by atoms with Gasteiger partial charge in [0.2, 0.25) is 0 Å². The van der Waals surface area contributed by atoms with E-state index < -0.39 is 0 Å². The molecule has 8 heteroatoms. The Morgan fingerprint density at radius 3 is 2.73 bits per heavy atom. The number of nitrogens with one attached hydrogen (secondary N) is 2. The van der Waals surface area contributed by atoms with Crippen molar-refractivity contribution in [2.24, 2.45) is 0 Å². The Balaban J connectivity index is 1.32. The van der Waals surface area contributed by atoms with Gasteiger partial charge >= 0.3 is 0 Å². The summed E-state index contributed by atoms with van der Waals surface area (Å²) in [4.78, 5) is 17.3. The third kappa shape index (κ3) is 3.72. The first-order valence-corrected chi connectivity index (χ1v) is 11.3. The van der Waals surface area contributed by atoms with Gasteiger partial charge in [0.15, 0.2) is 0 Å². The summed E-state index contributed by atoms with van der Waals surface area (Å²) in [6, 6.07) is 10.2. The normalized spacial score (nSPS) is 14.8. The number of imidazole rings is 1. The van der Waals surface area contributed by atoms with E-state index >= 15 is 0 Å². The van der Waals surface area contributed by atoms with Crippen LogP contribution in [0.5, 0.6) is 11.5 Å². The highest BCUT2D eigenvalue weighted by Gasteiger charge is 2.17. The largest absolute Gasteiger partial charge is 0.457 e. The van der Waals surface area contributed by atoms with Crippen LogP contribution in [0.25, 0.3) is 33.3 Å². The van der Waals surface area contributed by atoms with Crippen LogP contribution in [0, 0.1) is 13.8 Å². The molecule has 0 unspecified atom stereocenters. The lowest BCUT2D eigenvalue weighted by molar-refractivity contribution is 0.343. The Hall–Kier alpha value is -3.78. The fourth-order valence-electron chi connectivity index (χ4n) is 4.49. The Morgan fingerprint density at radius 2 is 1.85 bits per heavy atom. The van der Waals surface area contributed by atoms with Crippen LogP contribution in [0.3, 0.4) is 0 Å². The summed E-state index contributed by atoms with van der Waals surface area (Å²) in [6.07, 6.45) is 7.97. The monoisotopic (exact) mass is 439 g/mol. The van der Waals surface area contributed by atoms with Crippen molar-refractivity contribution in [3.63, 3.8) is 0 Å². The minimum atomic E-state index is 0.436. The molecule has 0 bridgehead atoms. The van der Waals surface area contributed by atoms with Crippen molar-refractivity contribution in [2.45, 2.75) is 32.7 Å². The second-order valence-electron chi connectivity index (χ2n) is 8.61.